The van der Waals surface area contributed by atoms with E-state index in [1.807, 2.05) is 0 Å². The lowest BCUT2D eigenvalue weighted by molar-refractivity contribution is -0.139. The summed E-state index contributed by atoms with van der Waals surface area (Å²) in [5.74, 6) is -1.02. The Kier molecular flexibility index (Phi) is 6.39. The third-order valence-corrected chi connectivity index (χ3v) is 1.50. The first-order valence-corrected chi connectivity index (χ1v) is 3.95. The molecule has 0 fully saturated rings. The van der Waals surface area contributed by atoms with Crippen molar-refractivity contribution >= 4 is 5.97 Å². The van der Waals surface area contributed by atoms with Crippen molar-refractivity contribution in [3.05, 3.63) is 10.4 Å². The largest absolute Gasteiger partial charge is 0.478 e. The highest BCUT2D eigenvalue weighted by atomic mass is 16.4. The fraction of sp³-hybridized carbons (Fsp3) is 0.833. The number of carboxylic acids is 1. The van der Waals surface area contributed by atoms with Crippen molar-refractivity contribution in [3.8, 4) is 0 Å². The topological polar surface area (TPSA) is 124 Å². The summed E-state index contributed by atoms with van der Waals surface area (Å²) in [6.07, 6.45) is 1.87. The summed E-state index contributed by atoms with van der Waals surface area (Å²) >= 11 is 0. The van der Waals surface area contributed by atoms with Crippen molar-refractivity contribution < 1.29 is 9.90 Å². The molecule has 0 saturated carbocycles. The molecule has 0 bridgehead atoms. The van der Waals surface area contributed by atoms with Crippen LogP contribution in [0.3, 0.4) is 0 Å². The molecule has 0 heterocycles. The van der Waals surface area contributed by atoms with E-state index in [0.717, 1.165) is 6.42 Å². The number of carbonyl (C=O) groups is 1. The quantitative estimate of drug-likeness (QED) is 0.175. The second kappa shape index (κ2) is 7.20. The maximum absolute atomic E-state index is 10.5. The van der Waals surface area contributed by atoms with E-state index in [-0.39, 0.29) is 0 Å². The zero-order valence-corrected chi connectivity index (χ0v) is 7.18. The molecule has 74 valence electrons. The number of unbranched alkanes of at least 4 members (excludes halogenated alkanes) is 1. The first-order chi connectivity index (χ1) is 6.22. The summed E-state index contributed by atoms with van der Waals surface area (Å²) in [6.45, 7) is 0.536. The van der Waals surface area contributed by atoms with Gasteiger partial charge in [0.1, 0.15) is 0 Å². The molecule has 7 nitrogen and oxygen atoms in total. The van der Waals surface area contributed by atoms with Crippen molar-refractivity contribution in [1.29, 1.82) is 0 Å². The molecule has 1 unspecified atom stereocenters. The summed E-state index contributed by atoms with van der Waals surface area (Å²) in [5.41, 5.74) is 15.4. The van der Waals surface area contributed by atoms with Gasteiger partial charge in [-0.05, 0) is 31.0 Å². The van der Waals surface area contributed by atoms with E-state index in [9.17, 15) is 4.79 Å². The van der Waals surface area contributed by atoms with Crippen LogP contribution in [-0.2, 0) is 4.79 Å². The molecule has 0 aromatic rings. The van der Waals surface area contributed by atoms with Crippen LogP contribution in [0.25, 0.3) is 10.4 Å². The van der Waals surface area contributed by atoms with Gasteiger partial charge in [0.05, 0.1) is 0 Å². The van der Waals surface area contributed by atoms with E-state index in [1.54, 1.807) is 0 Å². The van der Waals surface area contributed by atoms with Crippen LogP contribution in [0.1, 0.15) is 19.3 Å². The molecular formula is C6H13N5O2. The number of carboxylic acid groups (broad SMARTS) is 1. The molecule has 0 rings (SSSR count). The molecule has 0 aromatic carbocycles. The number of nitrogens with two attached hydrogens (primary N) is 1. The van der Waals surface area contributed by atoms with Crippen molar-refractivity contribution in [3.63, 3.8) is 0 Å². The van der Waals surface area contributed by atoms with Crippen LogP contribution in [0.5, 0.6) is 0 Å². The van der Waals surface area contributed by atoms with Gasteiger partial charge >= 0.3 is 5.97 Å². The van der Waals surface area contributed by atoms with E-state index in [0.29, 0.717) is 19.4 Å². The zero-order valence-electron chi connectivity index (χ0n) is 7.18. The first kappa shape index (κ1) is 11.5. The van der Waals surface area contributed by atoms with Gasteiger partial charge in [-0.15, -0.1) is 5.53 Å². The van der Waals surface area contributed by atoms with Gasteiger partial charge in [0.25, 0.3) is 0 Å². The van der Waals surface area contributed by atoms with E-state index >= 15 is 0 Å². The van der Waals surface area contributed by atoms with Crippen LogP contribution in [0.4, 0.5) is 0 Å². The van der Waals surface area contributed by atoms with Gasteiger partial charge in [-0.2, -0.15) is 4.91 Å². The highest BCUT2D eigenvalue weighted by Crippen LogP contribution is 2.00. The minimum atomic E-state index is -1.02. The average molecular weight is 187 g/mol. The Labute approximate surface area is 75.5 Å². The molecule has 0 radical (unpaired) electrons. The van der Waals surface area contributed by atoms with E-state index < -0.39 is 12.0 Å². The Bertz CT molecular complexity index is 201. The Hall–Kier alpha value is -1.46. The lowest BCUT2D eigenvalue weighted by Crippen LogP contribution is -2.32. The molecule has 0 aliphatic rings. The predicted octanol–water partition coefficient (Wildman–Crippen LogP) is 0.384. The maximum atomic E-state index is 10.5. The standard InChI is InChI=1S/C6H13N5O2/c7-4-2-1-3-5(6(12)13)9-11-10-8/h5,9H,1-4,7H2,(H,12,13). The Balaban J connectivity index is 3.80. The molecule has 0 amide bonds. The number of hydrogen-bond donors (Lipinski definition) is 3. The summed E-state index contributed by atoms with van der Waals surface area (Å²) in [6, 6.07) is -0.817. The molecule has 1 atom stereocenters. The van der Waals surface area contributed by atoms with E-state index in [4.69, 9.17) is 16.4 Å². The fourth-order valence-electron chi connectivity index (χ4n) is 0.832. The summed E-state index contributed by atoms with van der Waals surface area (Å²) in [5, 5.41) is 11.6. The monoisotopic (exact) mass is 187 g/mol. The van der Waals surface area contributed by atoms with Crippen LogP contribution >= 0.6 is 0 Å². The van der Waals surface area contributed by atoms with Crippen LogP contribution in [-0.4, -0.2) is 23.7 Å². The Morgan fingerprint density at radius 3 is 2.85 bits per heavy atom. The Morgan fingerprint density at radius 2 is 2.38 bits per heavy atom. The number of aliphatic carboxylic acids is 1. The molecule has 7 heteroatoms. The average Bonchev–Trinajstić information content (AvgIpc) is 2.10. The second-order valence-corrected chi connectivity index (χ2v) is 2.49. The number of hydrogen-bond acceptors (Lipinski definition) is 3. The van der Waals surface area contributed by atoms with Gasteiger partial charge in [0.15, 0.2) is 6.04 Å². The molecule has 0 saturated heterocycles. The lowest BCUT2D eigenvalue weighted by atomic mass is 10.1. The normalized spacial score (nSPS) is 11.5. The molecule has 0 spiro atoms. The fourth-order valence-corrected chi connectivity index (χ4v) is 0.832. The summed E-state index contributed by atoms with van der Waals surface area (Å²) < 4.78 is 0. The SMILES string of the molecule is [N-]=[N+]=NNC(CCCCN)C(=O)O. The molecular weight excluding hydrogens is 174 g/mol. The van der Waals surface area contributed by atoms with Gasteiger partial charge in [-0.25, -0.2) is 10.2 Å². The third kappa shape index (κ3) is 5.77. The second-order valence-electron chi connectivity index (χ2n) is 2.49. The minimum Gasteiger partial charge on any atom is -0.478 e. The van der Waals surface area contributed by atoms with Crippen LogP contribution < -0.4 is 11.2 Å². The molecule has 0 aliphatic heterocycles. The van der Waals surface area contributed by atoms with Gasteiger partial charge in [0, 0.05) is 0 Å². The summed E-state index contributed by atoms with van der Waals surface area (Å²) in [7, 11) is 0. The van der Waals surface area contributed by atoms with Crippen LogP contribution in [0.15, 0.2) is 5.22 Å². The minimum absolute atomic E-state index is 0.408. The maximum Gasteiger partial charge on any atom is 0.349 e. The van der Waals surface area contributed by atoms with Crippen molar-refractivity contribution in [2.75, 3.05) is 6.54 Å². The lowest BCUT2D eigenvalue weighted by Gasteiger charge is -2.06. The highest BCUT2D eigenvalue weighted by molar-refractivity contribution is 5.73. The Morgan fingerprint density at radius 1 is 1.69 bits per heavy atom. The van der Waals surface area contributed by atoms with E-state index in [1.165, 1.54) is 0 Å². The van der Waals surface area contributed by atoms with Gasteiger partial charge in [-0.1, -0.05) is 0 Å². The molecule has 4 N–H and O–H groups in total. The molecule has 0 aromatic heterocycles. The molecule has 13 heavy (non-hydrogen) atoms. The molecule has 0 aliphatic carbocycles. The van der Waals surface area contributed by atoms with Gasteiger partial charge < -0.3 is 10.8 Å². The van der Waals surface area contributed by atoms with Gasteiger partial charge in [-0.3, -0.25) is 0 Å². The summed E-state index contributed by atoms with van der Waals surface area (Å²) in [4.78, 5) is 12.9. The van der Waals surface area contributed by atoms with Crippen molar-refractivity contribution in [2.24, 2.45) is 11.0 Å². The number of nitrogens with zero attached hydrogens (tertiary/aromatic N) is 3. The van der Waals surface area contributed by atoms with Gasteiger partial charge in [0.2, 0.25) is 0 Å². The number of azide groups is 1. The van der Waals surface area contributed by atoms with E-state index in [2.05, 4.69) is 15.6 Å². The number of rotatable bonds is 7. The predicted molar refractivity (Wildman–Crippen MR) is 46.6 cm³/mol. The van der Waals surface area contributed by atoms with Crippen LogP contribution in [0, 0.1) is 0 Å². The number of nitrogens with one attached hydrogen (secondary N) is 1. The zero-order chi connectivity index (χ0) is 10.1. The van der Waals surface area contributed by atoms with Crippen molar-refractivity contribution in [2.45, 2.75) is 25.3 Å². The smallest absolute Gasteiger partial charge is 0.349 e. The third-order valence-electron chi connectivity index (χ3n) is 1.50. The highest BCUT2D eigenvalue weighted by Gasteiger charge is 2.18. The van der Waals surface area contributed by atoms with Crippen LogP contribution in [0.2, 0.25) is 0 Å². The first-order valence-electron chi connectivity index (χ1n) is 3.95. The van der Waals surface area contributed by atoms with Crippen molar-refractivity contribution in [1.82, 2.24) is 5.43 Å².